The average Bonchev–Trinajstić information content (AvgIpc) is 3.38. The van der Waals surface area contributed by atoms with Crippen LogP contribution in [0.15, 0.2) is 72.1 Å². The van der Waals surface area contributed by atoms with Crippen molar-refractivity contribution in [1.29, 1.82) is 0 Å². The van der Waals surface area contributed by atoms with Gasteiger partial charge in [-0.25, -0.2) is 0 Å². The van der Waals surface area contributed by atoms with Crippen LogP contribution >= 0.6 is 11.3 Å². The molecule has 0 saturated heterocycles. The van der Waals surface area contributed by atoms with Gasteiger partial charge in [-0.2, -0.15) is 4.68 Å². The van der Waals surface area contributed by atoms with Crippen molar-refractivity contribution in [2.45, 2.75) is 19.0 Å². The third-order valence-corrected chi connectivity index (χ3v) is 6.06. The first-order chi connectivity index (χ1) is 13.4. The van der Waals surface area contributed by atoms with Gasteiger partial charge in [0, 0.05) is 11.4 Å². The zero-order chi connectivity index (χ0) is 18.1. The maximum absolute atomic E-state index is 4.32. The maximum Gasteiger partial charge on any atom is 0.170 e. The highest BCUT2D eigenvalue weighted by atomic mass is 32.1. The molecule has 0 unspecified atom stereocenters. The molecule has 27 heavy (non-hydrogen) atoms. The minimum Gasteiger partial charge on any atom is -0.284 e. The molecule has 2 aromatic heterocycles. The summed E-state index contributed by atoms with van der Waals surface area (Å²) in [5.74, 6) is 0.862. The first-order valence-electron chi connectivity index (χ1n) is 9.08. The van der Waals surface area contributed by atoms with Crippen molar-refractivity contribution in [2.24, 2.45) is 0 Å². The molecule has 0 aliphatic carbocycles. The van der Waals surface area contributed by atoms with Gasteiger partial charge in [0.25, 0.3) is 0 Å². The number of fused-ring (bicyclic) bond motifs is 1. The molecule has 0 bridgehead atoms. The third-order valence-electron chi connectivity index (χ3n) is 5.06. The van der Waals surface area contributed by atoms with Gasteiger partial charge in [0.05, 0.1) is 18.3 Å². The van der Waals surface area contributed by atoms with Crippen molar-refractivity contribution >= 4 is 11.3 Å². The second-order valence-corrected chi connectivity index (χ2v) is 7.68. The Morgan fingerprint density at radius 1 is 0.963 bits per heavy atom. The number of aromatic nitrogens is 4. The van der Waals surface area contributed by atoms with E-state index in [1.54, 1.807) is 0 Å². The molecule has 0 N–H and O–H groups in total. The summed E-state index contributed by atoms with van der Waals surface area (Å²) < 4.78 is 1.84. The Kier molecular flexibility index (Phi) is 4.27. The van der Waals surface area contributed by atoms with Crippen molar-refractivity contribution in [3.05, 3.63) is 93.9 Å². The summed E-state index contributed by atoms with van der Waals surface area (Å²) in [5, 5.41) is 14.7. The molecule has 0 amide bonds. The van der Waals surface area contributed by atoms with Gasteiger partial charge in [-0.3, -0.25) is 4.90 Å². The number of thiophene rings is 1. The van der Waals surface area contributed by atoms with Crippen LogP contribution in [0.4, 0.5) is 0 Å². The molecule has 5 nitrogen and oxygen atoms in total. The molecular formula is C21H19N5S. The van der Waals surface area contributed by atoms with Crippen molar-refractivity contribution < 1.29 is 0 Å². The molecule has 2 aromatic carbocycles. The Balaban J connectivity index is 1.51. The van der Waals surface area contributed by atoms with Gasteiger partial charge in [-0.1, -0.05) is 48.5 Å². The molecule has 6 heteroatoms. The quantitative estimate of drug-likeness (QED) is 0.545. The molecule has 1 aliphatic heterocycles. The normalized spacial score (nSPS) is 17.0. The third kappa shape index (κ3) is 3.07. The van der Waals surface area contributed by atoms with Gasteiger partial charge in [-0.15, -0.1) is 16.4 Å². The Hall–Kier alpha value is -2.83. The van der Waals surface area contributed by atoms with Crippen LogP contribution in [-0.4, -0.2) is 31.7 Å². The molecule has 4 aromatic rings. The predicted octanol–water partition coefficient (Wildman–Crippen LogP) is 3.87. The molecule has 3 heterocycles. The zero-order valence-corrected chi connectivity index (χ0v) is 15.6. The Morgan fingerprint density at radius 3 is 2.56 bits per heavy atom. The minimum atomic E-state index is 0.238. The van der Waals surface area contributed by atoms with E-state index in [9.17, 15) is 0 Å². The van der Waals surface area contributed by atoms with Gasteiger partial charge >= 0.3 is 0 Å². The van der Waals surface area contributed by atoms with Crippen LogP contribution in [0.25, 0.3) is 5.69 Å². The average molecular weight is 373 g/mol. The summed E-state index contributed by atoms with van der Waals surface area (Å²) in [7, 11) is 0. The SMILES string of the molecule is c1ccc([C@H]2c3ccsc3CCN2Cc2nnnn2-c2ccccc2)cc1. The number of para-hydroxylation sites is 1. The van der Waals surface area contributed by atoms with Crippen molar-refractivity contribution in [3.8, 4) is 5.69 Å². The summed E-state index contributed by atoms with van der Waals surface area (Å²) in [6.45, 7) is 1.70. The Labute approximate surface area is 161 Å². The van der Waals surface area contributed by atoms with E-state index in [0.29, 0.717) is 6.54 Å². The number of rotatable bonds is 4. The monoisotopic (exact) mass is 373 g/mol. The smallest absolute Gasteiger partial charge is 0.170 e. The lowest BCUT2D eigenvalue weighted by atomic mass is 9.93. The highest BCUT2D eigenvalue weighted by molar-refractivity contribution is 7.10. The molecule has 0 fully saturated rings. The lowest BCUT2D eigenvalue weighted by Crippen LogP contribution is -2.35. The largest absolute Gasteiger partial charge is 0.284 e. The molecule has 0 spiro atoms. The van der Waals surface area contributed by atoms with Crippen LogP contribution in [-0.2, 0) is 13.0 Å². The summed E-state index contributed by atoms with van der Waals surface area (Å²) in [4.78, 5) is 3.97. The molecule has 1 atom stereocenters. The van der Waals surface area contributed by atoms with E-state index in [4.69, 9.17) is 0 Å². The molecular weight excluding hydrogens is 354 g/mol. The summed E-state index contributed by atoms with van der Waals surface area (Å²) in [5.41, 5.74) is 3.72. The summed E-state index contributed by atoms with van der Waals surface area (Å²) in [6, 6.07) is 23.3. The van der Waals surface area contributed by atoms with E-state index in [2.05, 4.69) is 62.2 Å². The lowest BCUT2D eigenvalue weighted by Gasteiger charge is -2.35. The van der Waals surface area contributed by atoms with Crippen LogP contribution in [0.5, 0.6) is 0 Å². The van der Waals surface area contributed by atoms with Gasteiger partial charge in [-0.05, 0) is 51.6 Å². The maximum atomic E-state index is 4.32. The van der Waals surface area contributed by atoms with E-state index >= 15 is 0 Å². The predicted molar refractivity (Wildman–Crippen MR) is 106 cm³/mol. The number of tetrazole rings is 1. The van der Waals surface area contributed by atoms with Crippen LogP contribution in [0.1, 0.15) is 27.9 Å². The fourth-order valence-electron chi connectivity index (χ4n) is 3.82. The highest BCUT2D eigenvalue weighted by Crippen LogP contribution is 2.38. The standard InChI is InChI=1S/C21H19N5S/c1-3-7-16(8-4-1)21-18-12-14-27-19(18)11-13-25(21)15-20-22-23-24-26(20)17-9-5-2-6-10-17/h1-10,12,14,21H,11,13,15H2/t21-/m0/s1. The second kappa shape index (κ2) is 7.06. The van der Waals surface area contributed by atoms with E-state index in [-0.39, 0.29) is 6.04 Å². The second-order valence-electron chi connectivity index (χ2n) is 6.68. The molecule has 0 radical (unpaired) electrons. The number of hydrogen-bond donors (Lipinski definition) is 0. The van der Waals surface area contributed by atoms with Gasteiger partial charge in [0.15, 0.2) is 5.82 Å². The number of nitrogens with zero attached hydrogens (tertiary/aromatic N) is 5. The minimum absolute atomic E-state index is 0.238. The van der Waals surface area contributed by atoms with Gasteiger partial charge in [0.1, 0.15) is 0 Å². The van der Waals surface area contributed by atoms with Crippen LogP contribution in [0.2, 0.25) is 0 Å². The molecule has 0 saturated carbocycles. The van der Waals surface area contributed by atoms with Gasteiger partial charge < -0.3 is 0 Å². The molecule has 5 rings (SSSR count). The number of hydrogen-bond acceptors (Lipinski definition) is 5. The lowest BCUT2D eigenvalue weighted by molar-refractivity contribution is 0.199. The van der Waals surface area contributed by atoms with E-state index in [0.717, 1.165) is 24.5 Å². The van der Waals surface area contributed by atoms with Crippen molar-refractivity contribution in [1.82, 2.24) is 25.1 Å². The van der Waals surface area contributed by atoms with E-state index in [1.165, 1.54) is 16.0 Å². The topological polar surface area (TPSA) is 46.8 Å². The van der Waals surface area contributed by atoms with E-state index in [1.807, 2.05) is 46.4 Å². The van der Waals surface area contributed by atoms with E-state index < -0.39 is 0 Å². The van der Waals surface area contributed by atoms with Crippen LogP contribution in [0, 0.1) is 0 Å². The van der Waals surface area contributed by atoms with Crippen molar-refractivity contribution in [2.75, 3.05) is 6.54 Å². The van der Waals surface area contributed by atoms with Gasteiger partial charge in [0.2, 0.25) is 0 Å². The fourth-order valence-corrected chi connectivity index (χ4v) is 4.72. The Morgan fingerprint density at radius 2 is 1.74 bits per heavy atom. The van der Waals surface area contributed by atoms with Crippen LogP contribution in [0.3, 0.4) is 0 Å². The molecule has 134 valence electrons. The number of benzene rings is 2. The first kappa shape index (κ1) is 16.4. The summed E-state index contributed by atoms with van der Waals surface area (Å²) >= 11 is 1.86. The first-order valence-corrected chi connectivity index (χ1v) is 9.96. The molecule has 1 aliphatic rings. The zero-order valence-electron chi connectivity index (χ0n) is 14.8. The highest BCUT2D eigenvalue weighted by Gasteiger charge is 2.30. The summed E-state index contributed by atoms with van der Waals surface area (Å²) in [6.07, 6.45) is 1.07. The van der Waals surface area contributed by atoms with Crippen molar-refractivity contribution in [3.63, 3.8) is 0 Å². The van der Waals surface area contributed by atoms with Crippen LogP contribution < -0.4 is 0 Å². The fraction of sp³-hybridized carbons (Fsp3) is 0.190. The Bertz CT molecular complexity index is 1020.